The SMILES string of the molecule is CC(C)NCc1nc(COc2ccc3c(c2)CCC3)cs1. The zero-order chi connectivity index (χ0) is 14.7. The first-order valence-corrected chi connectivity index (χ1v) is 8.50. The Morgan fingerprint density at radius 1 is 1.29 bits per heavy atom. The van der Waals surface area contributed by atoms with E-state index in [9.17, 15) is 0 Å². The van der Waals surface area contributed by atoms with Crippen molar-refractivity contribution in [2.45, 2.75) is 52.3 Å². The van der Waals surface area contributed by atoms with Crippen molar-refractivity contribution in [3.63, 3.8) is 0 Å². The topological polar surface area (TPSA) is 34.2 Å². The van der Waals surface area contributed by atoms with Gasteiger partial charge in [0, 0.05) is 18.0 Å². The van der Waals surface area contributed by atoms with Gasteiger partial charge in [-0.1, -0.05) is 19.9 Å². The van der Waals surface area contributed by atoms with Crippen molar-refractivity contribution < 1.29 is 4.74 Å². The van der Waals surface area contributed by atoms with Crippen molar-refractivity contribution in [3.8, 4) is 5.75 Å². The standard InChI is InChI=1S/C17H22N2OS/c1-12(2)18-9-17-19-15(11-21-17)10-20-16-7-6-13-4-3-5-14(13)8-16/h6-8,11-12,18H,3-5,9-10H2,1-2H3. The molecule has 0 saturated heterocycles. The van der Waals surface area contributed by atoms with Gasteiger partial charge in [0.25, 0.3) is 0 Å². The molecule has 2 aromatic rings. The van der Waals surface area contributed by atoms with Crippen molar-refractivity contribution in [3.05, 3.63) is 45.4 Å². The van der Waals surface area contributed by atoms with E-state index in [2.05, 4.69) is 47.7 Å². The van der Waals surface area contributed by atoms with Gasteiger partial charge in [-0.25, -0.2) is 4.98 Å². The van der Waals surface area contributed by atoms with Crippen LogP contribution in [0.15, 0.2) is 23.6 Å². The fourth-order valence-corrected chi connectivity index (χ4v) is 3.31. The highest BCUT2D eigenvalue weighted by atomic mass is 32.1. The maximum Gasteiger partial charge on any atom is 0.131 e. The fourth-order valence-electron chi connectivity index (χ4n) is 2.58. The predicted octanol–water partition coefficient (Wildman–Crippen LogP) is 3.71. The van der Waals surface area contributed by atoms with Crippen molar-refractivity contribution in [1.29, 1.82) is 0 Å². The summed E-state index contributed by atoms with van der Waals surface area (Å²) in [5, 5.41) is 6.59. The van der Waals surface area contributed by atoms with Crippen molar-refractivity contribution >= 4 is 11.3 Å². The molecule has 0 saturated carbocycles. The summed E-state index contributed by atoms with van der Waals surface area (Å²) in [7, 11) is 0. The van der Waals surface area contributed by atoms with Crippen LogP contribution in [0.2, 0.25) is 0 Å². The first kappa shape index (κ1) is 14.5. The van der Waals surface area contributed by atoms with Gasteiger partial charge in [0.05, 0.1) is 5.69 Å². The second-order valence-electron chi connectivity index (χ2n) is 5.84. The Hall–Kier alpha value is -1.39. The minimum atomic E-state index is 0.486. The number of ether oxygens (including phenoxy) is 1. The summed E-state index contributed by atoms with van der Waals surface area (Å²) < 4.78 is 5.88. The number of benzene rings is 1. The molecule has 4 heteroatoms. The average Bonchev–Trinajstić information content (AvgIpc) is 3.11. The second-order valence-corrected chi connectivity index (χ2v) is 6.78. The number of rotatable bonds is 6. The van der Waals surface area contributed by atoms with Gasteiger partial charge in [-0.2, -0.15) is 0 Å². The van der Waals surface area contributed by atoms with E-state index in [1.54, 1.807) is 11.3 Å². The molecule has 1 aromatic carbocycles. The van der Waals surface area contributed by atoms with Crippen LogP contribution in [-0.2, 0) is 26.0 Å². The first-order chi connectivity index (χ1) is 10.2. The molecule has 0 spiro atoms. The molecule has 1 heterocycles. The highest BCUT2D eigenvalue weighted by molar-refractivity contribution is 7.09. The first-order valence-electron chi connectivity index (χ1n) is 7.62. The third-order valence-electron chi connectivity index (χ3n) is 3.72. The molecule has 0 atom stereocenters. The van der Waals surface area contributed by atoms with E-state index in [1.165, 1.54) is 30.4 Å². The molecule has 0 unspecified atom stereocenters. The molecule has 0 aliphatic heterocycles. The quantitative estimate of drug-likeness (QED) is 0.883. The van der Waals surface area contributed by atoms with Gasteiger partial charge >= 0.3 is 0 Å². The molecule has 3 rings (SSSR count). The zero-order valence-corrected chi connectivity index (χ0v) is 13.5. The highest BCUT2D eigenvalue weighted by Crippen LogP contribution is 2.26. The van der Waals surface area contributed by atoms with Gasteiger partial charge in [0.2, 0.25) is 0 Å². The van der Waals surface area contributed by atoms with Crippen LogP contribution in [0.1, 0.15) is 42.1 Å². The Kier molecular flexibility index (Phi) is 4.56. The number of hydrogen-bond donors (Lipinski definition) is 1. The molecule has 0 amide bonds. The lowest BCUT2D eigenvalue weighted by atomic mass is 10.1. The van der Waals surface area contributed by atoms with Crippen LogP contribution in [0.25, 0.3) is 0 Å². The minimum absolute atomic E-state index is 0.486. The summed E-state index contributed by atoms with van der Waals surface area (Å²) in [5.41, 5.74) is 3.95. The van der Waals surface area contributed by atoms with Crippen LogP contribution in [0.4, 0.5) is 0 Å². The molecule has 1 aromatic heterocycles. The number of fused-ring (bicyclic) bond motifs is 1. The summed E-state index contributed by atoms with van der Waals surface area (Å²) >= 11 is 1.69. The van der Waals surface area contributed by atoms with E-state index >= 15 is 0 Å². The molecule has 1 aliphatic rings. The lowest BCUT2D eigenvalue weighted by Gasteiger charge is -2.07. The zero-order valence-electron chi connectivity index (χ0n) is 12.7. The van der Waals surface area contributed by atoms with Gasteiger partial charge in [0.1, 0.15) is 17.4 Å². The molecule has 0 bridgehead atoms. The molecule has 112 valence electrons. The lowest BCUT2D eigenvalue weighted by Crippen LogP contribution is -2.21. The largest absolute Gasteiger partial charge is 0.487 e. The van der Waals surface area contributed by atoms with Gasteiger partial charge in [0.15, 0.2) is 0 Å². The smallest absolute Gasteiger partial charge is 0.131 e. The number of aromatic nitrogens is 1. The van der Waals surface area contributed by atoms with E-state index in [-0.39, 0.29) is 0 Å². The Morgan fingerprint density at radius 2 is 2.14 bits per heavy atom. The van der Waals surface area contributed by atoms with E-state index in [0.29, 0.717) is 12.6 Å². The Balaban J connectivity index is 1.55. The van der Waals surface area contributed by atoms with Crippen molar-refractivity contribution in [2.24, 2.45) is 0 Å². The third-order valence-corrected chi connectivity index (χ3v) is 4.62. The van der Waals surface area contributed by atoms with Gasteiger partial charge in [-0.3, -0.25) is 0 Å². The fraction of sp³-hybridized carbons (Fsp3) is 0.471. The summed E-state index contributed by atoms with van der Waals surface area (Å²) in [6, 6.07) is 6.96. The molecule has 3 nitrogen and oxygen atoms in total. The normalized spacial score (nSPS) is 13.7. The van der Waals surface area contributed by atoms with Crippen LogP contribution in [-0.4, -0.2) is 11.0 Å². The molecular formula is C17H22N2OS. The van der Waals surface area contributed by atoms with Gasteiger partial charge < -0.3 is 10.1 Å². The number of aryl methyl sites for hydroxylation is 2. The number of thiazole rings is 1. The number of nitrogens with zero attached hydrogens (tertiary/aromatic N) is 1. The van der Waals surface area contributed by atoms with Crippen LogP contribution in [0.3, 0.4) is 0 Å². The summed E-state index contributed by atoms with van der Waals surface area (Å²) in [6.07, 6.45) is 3.68. The van der Waals surface area contributed by atoms with E-state index < -0.39 is 0 Å². The molecule has 1 aliphatic carbocycles. The monoisotopic (exact) mass is 302 g/mol. The molecule has 0 fully saturated rings. The molecule has 21 heavy (non-hydrogen) atoms. The van der Waals surface area contributed by atoms with Crippen LogP contribution in [0.5, 0.6) is 5.75 Å². The Bertz CT molecular complexity index is 607. The van der Waals surface area contributed by atoms with Crippen LogP contribution in [0, 0.1) is 0 Å². The maximum atomic E-state index is 5.88. The van der Waals surface area contributed by atoms with Crippen molar-refractivity contribution in [1.82, 2.24) is 10.3 Å². The number of nitrogens with one attached hydrogen (secondary N) is 1. The lowest BCUT2D eigenvalue weighted by molar-refractivity contribution is 0.301. The van der Waals surface area contributed by atoms with Crippen LogP contribution < -0.4 is 10.1 Å². The van der Waals surface area contributed by atoms with Crippen LogP contribution >= 0.6 is 11.3 Å². The Labute approximate surface area is 130 Å². The number of hydrogen-bond acceptors (Lipinski definition) is 4. The molecule has 1 N–H and O–H groups in total. The third kappa shape index (κ3) is 3.83. The van der Waals surface area contributed by atoms with Gasteiger partial charge in [-0.15, -0.1) is 11.3 Å². The summed E-state index contributed by atoms with van der Waals surface area (Å²) in [4.78, 5) is 4.60. The predicted molar refractivity (Wildman–Crippen MR) is 86.9 cm³/mol. The van der Waals surface area contributed by atoms with E-state index in [4.69, 9.17) is 4.74 Å². The van der Waals surface area contributed by atoms with Crippen molar-refractivity contribution in [2.75, 3.05) is 0 Å². The summed E-state index contributed by atoms with van der Waals surface area (Å²) in [5.74, 6) is 0.963. The van der Waals surface area contributed by atoms with E-state index in [1.807, 2.05) is 0 Å². The molecular weight excluding hydrogens is 280 g/mol. The summed E-state index contributed by atoms with van der Waals surface area (Å²) in [6.45, 7) is 5.68. The maximum absolute atomic E-state index is 5.88. The van der Waals surface area contributed by atoms with Gasteiger partial charge in [-0.05, 0) is 42.5 Å². The second kappa shape index (κ2) is 6.58. The average molecular weight is 302 g/mol. The Morgan fingerprint density at radius 3 is 3.00 bits per heavy atom. The highest BCUT2D eigenvalue weighted by Gasteiger charge is 2.11. The molecule has 0 radical (unpaired) electrons. The van der Waals surface area contributed by atoms with E-state index in [0.717, 1.165) is 23.0 Å². The minimum Gasteiger partial charge on any atom is -0.487 e.